The summed E-state index contributed by atoms with van der Waals surface area (Å²) in [6.45, 7) is 2.32. The molecule has 1 fully saturated rings. The lowest BCUT2D eigenvalue weighted by Crippen LogP contribution is -2.46. The fourth-order valence-electron chi connectivity index (χ4n) is 2.57. The molecule has 2 aromatic rings. The second kappa shape index (κ2) is 6.37. The van der Waals surface area contributed by atoms with E-state index < -0.39 is 10.0 Å². The molecule has 120 valence electrons. The fraction of sp³-hybridized carbons (Fsp3) is 0.333. The molecule has 1 aliphatic rings. The summed E-state index contributed by atoms with van der Waals surface area (Å²) in [7, 11) is -3.79. The van der Waals surface area contributed by atoms with Crippen LogP contribution in [0.2, 0.25) is 0 Å². The van der Waals surface area contributed by atoms with E-state index in [1.165, 1.54) is 22.6 Å². The number of ether oxygens (including phenoxy) is 1. The van der Waals surface area contributed by atoms with Crippen molar-refractivity contribution < 1.29 is 13.2 Å². The summed E-state index contributed by atoms with van der Waals surface area (Å²) < 4.78 is 33.1. The van der Waals surface area contributed by atoms with E-state index >= 15 is 0 Å². The van der Waals surface area contributed by atoms with Crippen LogP contribution in [0.3, 0.4) is 0 Å². The molecule has 2 aromatic heterocycles. The molecule has 2 atom stereocenters. The van der Waals surface area contributed by atoms with Crippen LogP contribution in [0.15, 0.2) is 40.1 Å². The summed E-state index contributed by atoms with van der Waals surface area (Å²) in [5.74, 6) is 0. The van der Waals surface area contributed by atoms with Crippen LogP contribution in [0.1, 0.15) is 24.3 Å². The normalized spacial score (nSPS) is 22.6. The van der Waals surface area contributed by atoms with Gasteiger partial charge in [-0.2, -0.15) is 20.9 Å². The Kier molecular flexibility index (Phi) is 4.46. The number of thiophene rings is 1. The first-order valence-corrected chi connectivity index (χ1v) is 9.43. The highest BCUT2D eigenvalue weighted by Gasteiger charge is 2.36. The third-order valence-corrected chi connectivity index (χ3v) is 6.20. The molecule has 6 nitrogen and oxygen atoms in total. The van der Waals surface area contributed by atoms with Gasteiger partial charge in [0.15, 0.2) is 5.69 Å². The van der Waals surface area contributed by atoms with Gasteiger partial charge in [-0.05, 0) is 41.4 Å². The minimum atomic E-state index is -3.79. The van der Waals surface area contributed by atoms with Crippen molar-refractivity contribution in [1.82, 2.24) is 9.29 Å². The maximum absolute atomic E-state index is 12.9. The van der Waals surface area contributed by atoms with E-state index in [9.17, 15) is 8.42 Å². The third-order valence-electron chi connectivity index (χ3n) is 3.64. The highest BCUT2D eigenvalue weighted by atomic mass is 32.2. The number of rotatable bonds is 3. The lowest BCUT2D eigenvalue weighted by Gasteiger charge is -2.35. The molecule has 3 rings (SSSR count). The van der Waals surface area contributed by atoms with Gasteiger partial charge in [0.05, 0.1) is 12.2 Å². The quantitative estimate of drug-likeness (QED) is 0.848. The van der Waals surface area contributed by atoms with Crippen molar-refractivity contribution in [3.63, 3.8) is 0 Å². The first kappa shape index (κ1) is 16.1. The van der Waals surface area contributed by atoms with Gasteiger partial charge in [0.2, 0.25) is 10.0 Å². The Morgan fingerprint density at radius 2 is 2.26 bits per heavy atom. The number of aromatic nitrogens is 1. The van der Waals surface area contributed by atoms with Crippen LogP contribution in [-0.2, 0) is 14.8 Å². The Morgan fingerprint density at radius 1 is 1.43 bits per heavy atom. The Labute approximate surface area is 139 Å². The summed E-state index contributed by atoms with van der Waals surface area (Å²) in [6, 6.07) is 6.72. The van der Waals surface area contributed by atoms with Gasteiger partial charge in [-0.3, -0.25) is 0 Å². The SMILES string of the molecule is C[C@H]1CN(S(=O)(=O)c2cccnc2C#N)C[C@H](c2ccsc2)O1. The molecule has 0 aromatic carbocycles. The summed E-state index contributed by atoms with van der Waals surface area (Å²) in [6.07, 6.45) is 0.876. The van der Waals surface area contributed by atoms with E-state index in [0.29, 0.717) is 0 Å². The zero-order valence-electron chi connectivity index (χ0n) is 12.4. The van der Waals surface area contributed by atoms with Crippen molar-refractivity contribution in [2.75, 3.05) is 13.1 Å². The number of hydrogen-bond donors (Lipinski definition) is 0. The molecule has 0 N–H and O–H groups in total. The lowest BCUT2D eigenvalue weighted by atomic mass is 10.1. The topological polar surface area (TPSA) is 83.3 Å². The van der Waals surface area contributed by atoms with E-state index in [2.05, 4.69) is 4.98 Å². The van der Waals surface area contributed by atoms with E-state index in [0.717, 1.165) is 5.56 Å². The number of nitriles is 1. The Hall–Kier alpha value is -1.79. The van der Waals surface area contributed by atoms with Crippen LogP contribution in [-0.4, -0.2) is 36.9 Å². The molecule has 0 spiro atoms. The molecule has 0 amide bonds. The van der Waals surface area contributed by atoms with Crippen molar-refractivity contribution in [1.29, 1.82) is 5.26 Å². The van der Waals surface area contributed by atoms with Gasteiger partial charge in [0.1, 0.15) is 11.0 Å². The summed E-state index contributed by atoms with van der Waals surface area (Å²) in [5.41, 5.74) is 0.882. The molecule has 3 heterocycles. The molecular formula is C15H15N3O3S2. The van der Waals surface area contributed by atoms with Crippen molar-refractivity contribution in [3.8, 4) is 6.07 Å². The predicted molar refractivity (Wildman–Crippen MR) is 85.3 cm³/mol. The summed E-state index contributed by atoms with van der Waals surface area (Å²) >= 11 is 1.54. The Bertz CT molecular complexity index is 828. The van der Waals surface area contributed by atoms with Gasteiger partial charge in [0, 0.05) is 19.3 Å². The van der Waals surface area contributed by atoms with Crippen LogP contribution >= 0.6 is 11.3 Å². The van der Waals surface area contributed by atoms with E-state index in [-0.39, 0.29) is 35.9 Å². The zero-order valence-corrected chi connectivity index (χ0v) is 14.0. The second-order valence-electron chi connectivity index (χ2n) is 5.28. The van der Waals surface area contributed by atoms with Gasteiger partial charge in [0.25, 0.3) is 0 Å². The first-order chi connectivity index (χ1) is 11.0. The number of pyridine rings is 1. The van der Waals surface area contributed by atoms with E-state index in [1.807, 2.05) is 29.8 Å². The number of nitrogens with zero attached hydrogens (tertiary/aromatic N) is 3. The van der Waals surface area contributed by atoms with Gasteiger partial charge in [-0.15, -0.1) is 0 Å². The fourth-order valence-corrected chi connectivity index (χ4v) is 4.88. The lowest BCUT2D eigenvalue weighted by molar-refractivity contribution is -0.0555. The van der Waals surface area contributed by atoms with Gasteiger partial charge in [-0.1, -0.05) is 0 Å². The van der Waals surface area contributed by atoms with Gasteiger partial charge < -0.3 is 4.74 Å². The zero-order chi connectivity index (χ0) is 16.4. The molecule has 1 aliphatic heterocycles. The third kappa shape index (κ3) is 3.14. The molecule has 0 radical (unpaired) electrons. The molecule has 0 saturated carbocycles. The van der Waals surface area contributed by atoms with Crippen molar-refractivity contribution >= 4 is 21.4 Å². The minimum Gasteiger partial charge on any atom is -0.368 e. The van der Waals surface area contributed by atoms with Crippen LogP contribution in [0, 0.1) is 11.3 Å². The maximum atomic E-state index is 12.9. The summed E-state index contributed by atoms with van der Waals surface area (Å²) in [5, 5.41) is 13.0. The van der Waals surface area contributed by atoms with Crippen molar-refractivity contribution in [3.05, 3.63) is 46.4 Å². The monoisotopic (exact) mass is 349 g/mol. The molecular weight excluding hydrogens is 334 g/mol. The highest BCUT2D eigenvalue weighted by Crippen LogP contribution is 2.30. The molecule has 23 heavy (non-hydrogen) atoms. The van der Waals surface area contributed by atoms with E-state index in [1.54, 1.807) is 11.3 Å². The highest BCUT2D eigenvalue weighted by molar-refractivity contribution is 7.89. The smallest absolute Gasteiger partial charge is 0.246 e. The van der Waals surface area contributed by atoms with Crippen LogP contribution < -0.4 is 0 Å². The largest absolute Gasteiger partial charge is 0.368 e. The number of morpholine rings is 1. The van der Waals surface area contributed by atoms with Crippen molar-refractivity contribution in [2.45, 2.75) is 24.0 Å². The van der Waals surface area contributed by atoms with Gasteiger partial charge in [-0.25, -0.2) is 13.4 Å². The molecule has 0 bridgehead atoms. The average molecular weight is 349 g/mol. The summed E-state index contributed by atoms with van der Waals surface area (Å²) in [4.78, 5) is 3.79. The predicted octanol–water partition coefficient (Wildman–Crippen LogP) is 2.17. The number of sulfonamides is 1. The van der Waals surface area contributed by atoms with Gasteiger partial charge >= 0.3 is 0 Å². The van der Waals surface area contributed by atoms with E-state index in [4.69, 9.17) is 10.00 Å². The first-order valence-electron chi connectivity index (χ1n) is 7.05. The van der Waals surface area contributed by atoms with Crippen molar-refractivity contribution in [2.24, 2.45) is 0 Å². The van der Waals surface area contributed by atoms with Crippen LogP contribution in [0.4, 0.5) is 0 Å². The second-order valence-corrected chi connectivity index (χ2v) is 7.96. The molecule has 0 unspecified atom stereocenters. The van der Waals surface area contributed by atoms with Crippen LogP contribution in [0.5, 0.6) is 0 Å². The molecule has 1 saturated heterocycles. The maximum Gasteiger partial charge on any atom is 0.246 e. The molecule has 0 aliphatic carbocycles. The standard InChI is InChI=1S/C15H15N3O3S2/c1-11-8-18(9-14(21-11)12-4-6-22-10-12)23(19,20)15-3-2-5-17-13(15)7-16/h2-6,10-11,14H,8-9H2,1H3/t11-,14+/m0/s1. The average Bonchev–Trinajstić information content (AvgIpc) is 3.08. The Balaban J connectivity index is 1.95. The van der Waals surface area contributed by atoms with Crippen LogP contribution in [0.25, 0.3) is 0 Å². The Morgan fingerprint density at radius 3 is 2.96 bits per heavy atom. The molecule has 8 heteroatoms. The number of hydrogen-bond acceptors (Lipinski definition) is 6. The minimum absolute atomic E-state index is 0.0549.